The minimum Gasteiger partial charge on any atom is -0.383 e. The van der Waals surface area contributed by atoms with Crippen LogP contribution in [-0.4, -0.2) is 43.4 Å². The molecule has 0 radical (unpaired) electrons. The van der Waals surface area contributed by atoms with Crippen LogP contribution in [0.25, 0.3) is 0 Å². The van der Waals surface area contributed by atoms with Gasteiger partial charge in [0.2, 0.25) is 0 Å². The van der Waals surface area contributed by atoms with Crippen molar-refractivity contribution in [2.45, 2.75) is 33.6 Å². The normalized spacial score (nSPS) is 10.6. The summed E-state index contributed by atoms with van der Waals surface area (Å²) in [5.41, 5.74) is 0. The van der Waals surface area contributed by atoms with Crippen LogP contribution in [0.2, 0.25) is 0 Å². The van der Waals surface area contributed by atoms with Gasteiger partial charge in [-0.3, -0.25) is 0 Å². The van der Waals surface area contributed by atoms with E-state index in [1.165, 1.54) is 12.8 Å². The highest BCUT2D eigenvalue weighted by Gasteiger charge is 2.10. The zero-order chi connectivity index (χ0) is 12.4. The van der Waals surface area contributed by atoms with E-state index in [-0.39, 0.29) is 0 Å². The van der Waals surface area contributed by atoms with Crippen LogP contribution >= 0.6 is 12.2 Å². The van der Waals surface area contributed by atoms with Crippen molar-refractivity contribution in [2.24, 2.45) is 5.92 Å². The van der Waals surface area contributed by atoms with Crippen molar-refractivity contribution < 1.29 is 4.74 Å². The third kappa shape index (κ3) is 7.88. The number of nitrogens with one attached hydrogen (secondary N) is 1. The molecule has 0 aliphatic heterocycles. The van der Waals surface area contributed by atoms with Gasteiger partial charge in [-0.25, -0.2) is 0 Å². The Morgan fingerprint density at radius 3 is 2.62 bits per heavy atom. The smallest absolute Gasteiger partial charge is 0.169 e. The summed E-state index contributed by atoms with van der Waals surface area (Å²) in [7, 11) is 1.72. The van der Waals surface area contributed by atoms with Gasteiger partial charge in [-0.15, -0.1) is 0 Å². The number of nitrogens with zero attached hydrogens (tertiary/aromatic N) is 1. The second-order valence-corrected chi connectivity index (χ2v) is 4.80. The monoisotopic (exact) mass is 246 g/mol. The Labute approximate surface area is 106 Å². The summed E-state index contributed by atoms with van der Waals surface area (Å²) in [5.74, 6) is 0.614. The molecule has 4 heteroatoms. The van der Waals surface area contributed by atoms with E-state index in [1.54, 1.807) is 7.11 Å². The molecule has 0 saturated carbocycles. The number of hydrogen-bond donors (Lipinski definition) is 1. The molecule has 0 aromatic heterocycles. The Balaban J connectivity index is 3.99. The van der Waals surface area contributed by atoms with Crippen molar-refractivity contribution in [1.82, 2.24) is 10.2 Å². The Kier molecular flexibility index (Phi) is 9.63. The predicted octanol–water partition coefficient (Wildman–Crippen LogP) is 2.27. The van der Waals surface area contributed by atoms with Crippen LogP contribution in [0.15, 0.2) is 0 Å². The van der Waals surface area contributed by atoms with Crippen LogP contribution < -0.4 is 5.32 Å². The molecule has 0 atom stereocenters. The molecule has 0 unspecified atom stereocenters. The molecule has 3 nitrogen and oxygen atoms in total. The number of thiocarbonyl (C=S) groups is 1. The van der Waals surface area contributed by atoms with Gasteiger partial charge in [0.25, 0.3) is 0 Å². The Morgan fingerprint density at radius 1 is 1.44 bits per heavy atom. The second kappa shape index (κ2) is 9.85. The molecular weight excluding hydrogens is 220 g/mol. The van der Waals surface area contributed by atoms with E-state index in [2.05, 4.69) is 31.0 Å². The number of hydrogen-bond acceptors (Lipinski definition) is 2. The first-order chi connectivity index (χ1) is 7.61. The van der Waals surface area contributed by atoms with Crippen LogP contribution in [0.5, 0.6) is 0 Å². The fraction of sp³-hybridized carbons (Fsp3) is 0.917. The van der Waals surface area contributed by atoms with Gasteiger partial charge in [-0.1, -0.05) is 27.2 Å². The molecule has 0 spiro atoms. The first-order valence-corrected chi connectivity index (χ1v) is 6.54. The Morgan fingerprint density at radius 2 is 2.12 bits per heavy atom. The third-order valence-electron chi connectivity index (χ3n) is 2.24. The molecule has 0 aliphatic carbocycles. The maximum absolute atomic E-state index is 5.38. The largest absolute Gasteiger partial charge is 0.383 e. The van der Waals surface area contributed by atoms with Crippen LogP contribution in [-0.2, 0) is 4.74 Å². The molecule has 0 rings (SSSR count). The van der Waals surface area contributed by atoms with Gasteiger partial charge < -0.3 is 15.0 Å². The lowest BCUT2D eigenvalue weighted by Gasteiger charge is -2.27. The molecule has 0 aromatic rings. The minimum absolute atomic E-state index is 0.614. The summed E-state index contributed by atoms with van der Waals surface area (Å²) in [6.45, 7) is 10.1. The van der Waals surface area contributed by atoms with Crippen molar-refractivity contribution in [3.05, 3.63) is 0 Å². The quantitative estimate of drug-likeness (QED) is 0.524. The highest BCUT2D eigenvalue weighted by atomic mass is 32.1. The fourth-order valence-electron chi connectivity index (χ4n) is 1.40. The summed E-state index contributed by atoms with van der Waals surface area (Å²) in [4.78, 5) is 2.19. The highest BCUT2D eigenvalue weighted by Crippen LogP contribution is 2.00. The standard InChI is InChI=1S/C12H26N2OS/c1-5-6-7-13-12(16)14(8-9-15-4)10-11(2)3/h11H,5-10H2,1-4H3,(H,13,16). The first-order valence-electron chi connectivity index (χ1n) is 6.13. The van der Waals surface area contributed by atoms with Crippen LogP contribution in [0, 0.1) is 5.92 Å². The van der Waals surface area contributed by atoms with Gasteiger partial charge in [0.15, 0.2) is 5.11 Å². The predicted molar refractivity (Wildman–Crippen MR) is 73.8 cm³/mol. The zero-order valence-electron chi connectivity index (χ0n) is 11.1. The average molecular weight is 246 g/mol. The third-order valence-corrected chi connectivity index (χ3v) is 2.65. The van der Waals surface area contributed by atoms with Gasteiger partial charge in [-0.05, 0) is 24.6 Å². The number of rotatable bonds is 8. The lowest BCUT2D eigenvalue weighted by molar-refractivity contribution is 0.171. The first kappa shape index (κ1) is 15.7. The van der Waals surface area contributed by atoms with E-state index in [0.717, 1.165) is 31.4 Å². The molecule has 0 amide bonds. The van der Waals surface area contributed by atoms with Crippen molar-refractivity contribution in [3.63, 3.8) is 0 Å². The molecule has 16 heavy (non-hydrogen) atoms. The van der Waals surface area contributed by atoms with Crippen LogP contribution in [0.1, 0.15) is 33.6 Å². The van der Waals surface area contributed by atoms with E-state index in [0.29, 0.717) is 5.92 Å². The summed E-state index contributed by atoms with van der Waals surface area (Å²) in [6, 6.07) is 0. The van der Waals surface area contributed by atoms with E-state index in [1.807, 2.05) is 0 Å². The second-order valence-electron chi connectivity index (χ2n) is 4.42. The van der Waals surface area contributed by atoms with Crippen molar-refractivity contribution in [1.29, 1.82) is 0 Å². The summed E-state index contributed by atoms with van der Waals surface area (Å²) in [5, 5.41) is 4.16. The number of methoxy groups -OCH3 is 1. The lowest BCUT2D eigenvalue weighted by atomic mass is 10.2. The topological polar surface area (TPSA) is 24.5 Å². The van der Waals surface area contributed by atoms with Gasteiger partial charge in [-0.2, -0.15) is 0 Å². The van der Waals surface area contributed by atoms with E-state index in [9.17, 15) is 0 Å². The number of ether oxygens (including phenoxy) is 1. The van der Waals surface area contributed by atoms with Crippen LogP contribution in [0.3, 0.4) is 0 Å². The molecule has 0 aliphatic rings. The molecule has 0 bridgehead atoms. The minimum atomic E-state index is 0.614. The maximum Gasteiger partial charge on any atom is 0.169 e. The molecule has 0 saturated heterocycles. The van der Waals surface area contributed by atoms with Gasteiger partial charge in [0, 0.05) is 26.7 Å². The maximum atomic E-state index is 5.38. The van der Waals surface area contributed by atoms with Gasteiger partial charge in [0.1, 0.15) is 0 Å². The van der Waals surface area contributed by atoms with E-state index < -0.39 is 0 Å². The molecule has 0 heterocycles. The lowest BCUT2D eigenvalue weighted by Crippen LogP contribution is -2.43. The van der Waals surface area contributed by atoms with Crippen molar-refractivity contribution in [3.8, 4) is 0 Å². The van der Waals surface area contributed by atoms with E-state index in [4.69, 9.17) is 17.0 Å². The van der Waals surface area contributed by atoms with Crippen molar-refractivity contribution >= 4 is 17.3 Å². The van der Waals surface area contributed by atoms with Crippen LogP contribution in [0.4, 0.5) is 0 Å². The molecule has 0 aromatic carbocycles. The Hall–Kier alpha value is -0.350. The highest BCUT2D eigenvalue weighted by molar-refractivity contribution is 7.80. The van der Waals surface area contributed by atoms with Gasteiger partial charge in [0.05, 0.1) is 6.61 Å². The zero-order valence-corrected chi connectivity index (χ0v) is 11.9. The summed E-state index contributed by atoms with van der Waals surface area (Å²) in [6.07, 6.45) is 2.36. The Bertz CT molecular complexity index is 186. The molecule has 0 fully saturated rings. The summed E-state index contributed by atoms with van der Waals surface area (Å²) >= 11 is 5.38. The van der Waals surface area contributed by atoms with Gasteiger partial charge >= 0.3 is 0 Å². The molecule has 96 valence electrons. The SMILES string of the molecule is CCCCNC(=S)N(CCOC)CC(C)C. The molecule has 1 N–H and O–H groups in total. The van der Waals surface area contributed by atoms with Crippen molar-refractivity contribution in [2.75, 3.05) is 33.4 Å². The number of unbranched alkanes of at least 4 members (excludes halogenated alkanes) is 1. The summed E-state index contributed by atoms with van der Waals surface area (Å²) < 4.78 is 5.10. The van der Waals surface area contributed by atoms with E-state index >= 15 is 0 Å². The fourth-order valence-corrected chi connectivity index (χ4v) is 1.67. The average Bonchev–Trinajstić information content (AvgIpc) is 2.23. The molecular formula is C12H26N2OS.